The number of nitro benzene ring substituents is 1. The number of aryl methyl sites for hydroxylation is 1. The van der Waals surface area contributed by atoms with Crippen LogP contribution in [0.2, 0.25) is 5.15 Å². The number of rotatable bonds is 4. The molecule has 0 aliphatic carbocycles. The third-order valence-electron chi connectivity index (χ3n) is 2.45. The lowest BCUT2D eigenvalue weighted by atomic mass is 10.1. The molecule has 2 aromatic rings. The maximum Gasteiger partial charge on any atom is 0.311 e. The van der Waals surface area contributed by atoms with E-state index in [1.54, 1.807) is 12.1 Å². The van der Waals surface area contributed by atoms with Crippen LogP contribution in [-0.2, 0) is 6.42 Å². The Morgan fingerprint density at radius 3 is 2.68 bits per heavy atom. The highest BCUT2D eigenvalue weighted by Crippen LogP contribution is 2.31. The summed E-state index contributed by atoms with van der Waals surface area (Å²) < 4.78 is 5.35. The second kappa shape index (κ2) is 5.62. The maximum absolute atomic E-state index is 11.0. The molecule has 98 valence electrons. The van der Waals surface area contributed by atoms with Gasteiger partial charge < -0.3 is 4.74 Å². The van der Waals surface area contributed by atoms with Gasteiger partial charge in [-0.3, -0.25) is 10.1 Å². The van der Waals surface area contributed by atoms with Gasteiger partial charge in [0.15, 0.2) is 5.15 Å². The fraction of sp³-hybridized carbons (Fsp3) is 0.167. The third kappa shape index (κ3) is 3.17. The molecule has 1 aromatic heterocycles. The van der Waals surface area contributed by atoms with Gasteiger partial charge in [-0.15, -0.1) is 10.2 Å². The van der Waals surface area contributed by atoms with Crippen LogP contribution < -0.4 is 4.74 Å². The molecule has 1 heterocycles. The van der Waals surface area contributed by atoms with Crippen molar-refractivity contribution in [1.29, 1.82) is 0 Å². The van der Waals surface area contributed by atoms with Crippen LogP contribution in [0, 0.1) is 10.1 Å². The van der Waals surface area contributed by atoms with Crippen LogP contribution in [0.25, 0.3) is 0 Å². The summed E-state index contributed by atoms with van der Waals surface area (Å²) in [6.45, 7) is 1.92. The first-order valence-corrected chi connectivity index (χ1v) is 5.92. The van der Waals surface area contributed by atoms with Gasteiger partial charge in [-0.1, -0.05) is 24.6 Å². The molecule has 0 radical (unpaired) electrons. The first kappa shape index (κ1) is 13.2. The van der Waals surface area contributed by atoms with Crippen LogP contribution in [0.4, 0.5) is 5.69 Å². The topological polar surface area (TPSA) is 78.2 Å². The Balaban J connectivity index is 2.33. The number of halogens is 1. The minimum atomic E-state index is -0.488. The minimum Gasteiger partial charge on any atom is -0.430 e. The van der Waals surface area contributed by atoms with Crippen molar-refractivity contribution in [2.24, 2.45) is 0 Å². The van der Waals surface area contributed by atoms with E-state index >= 15 is 0 Å². The van der Waals surface area contributed by atoms with Crippen molar-refractivity contribution >= 4 is 17.3 Å². The molecule has 2 rings (SSSR count). The molecule has 0 saturated carbocycles. The summed E-state index contributed by atoms with van der Waals surface area (Å²) in [7, 11) is 0. The quantitative estimate of drug-likeness (QED) is 0.633. The van der Waals surface area contributed by atoms with Gasteiger partial charge in [0.1, 0.15) is 0 Å². The summed E-state index contributed by atoms with van der Waals surface area (Å²) >= 11 is 5.60. The van der Waals surface area contributed by atoms with Gasteiger partial charge >= 0.3 is 5.69 Å². The predicted octanol–water partition coefficient (Wildman–Crippen LogP) is 3.39. The lowest BCUT2D eigenvalue weighted by molar-refractivity contribution is -0.385. The summed E-state index contributed by atoms with van der Waals surface area (Å²) in [5.41, 5.74) is 0.761. The van der Waals surface area contributed by atoms with Gasteiger partial charge in [-0.2, -0.15) is 0 Å². The van der Waals surface area contributed by atoms with E-state index in [2.05, 4.69) is 10.2 Å². The zero-order valence-corrected chi connectivity index (χ0v) is 10.8. The molecule has 0 saturated heterocycles. The second-order valence-electron chi connectivity index (χ2n) is 3.71. The normalized spacial score (nSPS) is 10.2. The number of ether oxygens (including phenoxy) is 1. The molecule has 0 aliphatic rings. The van der Waals surface area contributed by atoms with E-state index in [1.165, 1.54) is 18.2 Å². The van der Waals surface area contributed by atoms with E-state index < -0.39 is 4.92 Å². The fourth-order valence-electron chi connectivity index (χ4n) is 1.48. The van der Waals surface area contributed by atoms with Crippen LogP contribution >= 0.6 is 11.6 Å². The van der Waals surface area contributed by atoms with Crippen molar-refractivity contribution in [1.82, 2.24) is 10.2 Å². The monoisotopic (exact) mass is 279 g/mol. The van der Waals surface area contributed by atoms with Crippen LogP contribution in [0.15, 0.2) is 30.3 Å². The molecule has 0 unspecified atom stereocenters. The van der Waals surface area contributed by atoms with E-state index in [0.29, 0.717) is 6.42 Å². The van der Waals surface area contributed by atoms with Crippen molar-refractivity contribution in [2.45, 2.75) is 13.3 Å². The molecule has 6 nitrogen and oxygen atoms in total. The first-order valence-electron chi connectivity index (χ1n) is 5.54. The molecule has 0 bridgehead atoms. The van der Waals surface area contributed by atoms with Crippen molar-refractivity contribution in [3.05, 3.63) is 51.2 Å². The summed E-state index contributed by atoms with van der Waals surface area (Å²) in [6, 6.07) is 7.79. The SMILES string of the molecule is CCc1ccc(Oc2ccc(Cl)nn2)c([N+](=O)[O-])c1. The van der Waals surface area contributed by atoms with Gasteiger partial charge in [0, 0.05) is 12.1 Å². The molecule has 0 N–H and O–H groups in total. The van der Waals surface area contributed by atoms with Crippen molar-refractivity contribution in [3.8, 4) is 11.6 Å². The summed E-state index contributed by atoms with van der Waals surface area (Å²) in [5.74, 6) is 0.274. The average Bonchev–Trinajstić information content (AvgIpc) is 2.41. The standard InChI is InChI=1S/C12H10ClN3O3/c1-2-8-3-4-10(9(7-8)16(17)18)19-12-6-5-11(13)14-15-12/h3-7H,2H2,1H3. The summed E-state index contributed by atoms with van der Waals surface area (Å²) in [5, 5.41) is 18.5. The summed E-state index contributed by atoms with van der Waals surface area (Å²) in [6.07, 6.45) is 0.710. The molecule has 1 aromatic carbocycles. The maximum atomic E-state index is 11.0. The highest BCUT2D eigenvalue weighted by Gasteiger charge is 2.16. The van der Waals surface area contributed by atoms with E-state index in [9.17, 15) is 10.1 Å². The smallest absolute Gasteiger partial charge is 0.311 e. The molecule has 0 fully saturated rings. The van der Waals surface area contributed by atoms with E-state index in [0.717, 1.165) is 5.56 Å². The third-order valence-corrected chi connectivity index (χ3v) is 2.65. The number of aromatic nitrogens is 2. The Morgan fingerprint density at radius 1 is 1.32 bits per heavy atom. The van der Waals surface area contributed by atoms with E-state index in [4.69, 9.17) is 16.3 Å². The first-order chi connectivity index (χ1) is 9.10. The van der Waals surface area contributed by atoms with Gasteiger partial charge in [0.05, 0.1) is 4.92 Å². The van der Waals surface area contributed by atoms with Crippen LogP contribution in [0.5, 0.6) is 11.6 Å². The highest BCUT2D eigenvalue weighted by molar-refractivity contribution is 6.29. The lowest BCUT2D eigenvalue weighted by Crippen LogP contribution is -1.96. The van der Waals surface area contributed by atoms with Gasteiger partial charge in [-0.25, -0.2) is 0 Å². The zero-order valence-electron chi connectivity index (χ0n) is 10.0. The highest BCUT2D eigenvalue weighted by atomic mass is 35.5. The summed E-state index contributed by atoms with van der Waals surface area (Å²) in [4.78, 5) is 10.5. The van der Waals surface area contributed by atoms with E-state index in [-0.39, 0.29) is 22.5 Å². The predicted molar refractivity (Wildman–Crippen MR) is 69.6 cm³/mol. The van der Waals surface area contributed by atoms with Crippen LogP contribution in [0.1, 0.15) is 12.5 Å². The molecule has 7 heteroatoms. The number of nitro groups is 1. The molecular weight excluding hydrogens is 270 g/mol. The second-order valence-corrected chi connectivity index (χ2v) is 4.10. The van der Waals surface area contributed by atoms with Gasteiger partial charge in [0.25, 0.3) is 0 Å². The number of nitrogens with zero attached hydrogens (tertiary/aromatic N) is 3. The Bertz CT molecular complexity index is 602. The van der Waals surface area contributed by atoms with Crippen molar-refractivity contribution in [3.63, 3.8) is 0 Å². The molecule has 0 spiro atoms. The van der Waals surface area contributed by atoms with Crippen molar-refractivity contribution < 1.29 is 9.66 Å². The Hall–Kier alpha value is -2.21. The number of hydrogen-bond acceptors (Lipinski definition) is 5. The molecule has 0 atom stereocenters. The van der Waals surface area contributed by atoms with E-state index in [1.807, 2.05) is 6.92 Å². The van der Waals surface area contributed by atoms with Gasteiger partial charge in [-0.05, 0) is 24.1 Å². The Kier molecular flexibility index (Phi) is 3.91. The number of benzene rings is 1. The van der Waals surface area contributed by atoms with Crippen LogP contribution in [-0.4, -0.2) is 15.1 Å². The van der Waals surface area contributed by atoms with Crippen LogP contribution in [0.3, 0.4) is 0 Å². The number of hydrogen-bond donors (Lipinski definition) is 0. The minimum absolute atomic E-state index is 0.101. The van der Waals surface area contributed by atoms with Crippen molar-refractivity contribution in [2.75, 3.05) is 0 Å². The molecule has 0 aliphatic heterocycles. The molecule has 0 amide bonds. The lowest BCUT2D eigenvalue weighted by Gasteiger charge is -2.06. The zero-order chi connectivity index (χ0) is 13.8. The molecule has 19 heavy (non-hydrogen) atoms. The molecular formula is C12H10ClN3O3. The fourth-order valence-corrected chi connectivity index (χ4v) is 1.58. The Morgan fingerprint density at radius 2 is 2.11 bits per heavy atom. The largest absolute Gasteiger partial charge is 0.430 e. The Labute approximate surface area is 114 Å². The van der Waals surface area contributed by atoms with Gasteiger partial charge in [0.2, 0.25) is 11.6 Å². The average molecular weight is 280 g/mol.